The summed E-state index contributed by atoms with van der Waals surface area (Å²) in [7, 11) is -2.75. The second-order valence-corrected chi connectivity index (χ2v) is 6.61. The molecule has 0 unspecified atom stereocenters. The molecule has 1 aromatic carbocycles. The van der Waals surface area contributed by atoms with Gasteiger partial charge in [-0.05, 0) is 11.6 Å². The maximum atomic E-state index is 12.5. The minimum atomic E-state index is -4.54. The number of likely N-dealkylation sites (N-methyl/N-ethyl adjacent to an activating group) is 1. The van der Waals surface area contributed by atoms with Gasteiger partial charge in [0.1, 0.15) is 0 Å². The van der Waals surface area contributed by atoms with E-state index < -0.39 is 39.2 Å². The van der Waals surface area contributed by atoms with Gasteiger partial charge in [-0.1, -0.05) is 18.2 Å². The number of halogens is 3. The fraction of sp³-hybridized carbons (Fsp3) is 0.364. The van der Waals surface area contributed by atoms with Crippen molar-refractivity contribution in [1.82, 2.24) is 4.31 Å². The van der Waals surface area contributed by atoms with E-state index in [-0.39, 0.29) is 5.56 Å². The van der Waals surface area contributed by atoms with Crippen molar-refractivity contribution in [2.75, 3.05) is 13.6 Å². The third kappa shape index (κ3) is 4.73. The smallest absolute Gasteiger partial charge is 0.416 e. The van der Waals surface area contributed by atoms with E-state index in [1.165, 1.54) is 6.07 Å². The molecular weight excluding hydrogens is 315 g/mol. The first-order valence-electron chi connectivity index (χ1n) is 5.32. The molecule has 0 saturated heterocycles. The highest BCUT2D eigenvalue weighted by Crippen LogP contribution is 2.29. The highest BCUT2D eigenvalue weighted by Gasteiger charge is 2.30. The Kier molecular flexibility index (Phi) is 5.11. The molecule has 1 rings (SSSR count). The average Bonchev–Trinajstić information content (AvgIpc) is 2.26. The molecule has 112 valence electrons. The standard InChI is InChI=1S/C11H12F3NO3S2/c1-15(6-10(16)19)20(17,18)7-8-3-2-4-9(5-8)11(12,13)14/h2-5H,6-7H2,1H3,(H,16,19)/p-1. The van der Waals surface area contributed by atoms with Crippen molar-refractivity contribution in [2.24, 2.45) is 0 Å². The number of carbonyl (C=O) groups is 1. The van der Waals surface area contributed by atoms with Gasteiger partial charge >= 0.3 is 6.18 Å². The van der Waals surface area contributed by atoms with Gasteiger partial charge < -0.3 is 17.4 Å². The largest absolute Gasteiger partial charge is 0.741 e. The summed E-state index contributed by atoms with van der Waals surface area (Å²) in [6, 6.07) is 4.02. The van der Waals surface area contributed by atoms with Crippen molar-refractivity contribution < 1.29 is 26.4 Å². The number of nitrogens with zero attached hydrogens (tertiary/aromatic N) is 1. The van der Waals surface area contributed by atoms with Crippen LogP contribution in [0.2, 0.25) is 0 Å². The van der Waals surface area contributed by atoms with Crippen molar-refractivity contribution in [3.05, 3.63) is 35.4 Å². The Morgan fingerprint density at radius 3 is 2.45 bits per heavy atom. The fourth-order valence-electron chi connectivity index (χ4n) is 1.44. The van der Waals surface area contributed by atoms with Crippen LogP contribution >= 0.6 is 0 Å². The average molecular weight is 326 g/mol. The molecule has 0 atom stereocenters. The quantitative estimate of drug-likeness (QED) is 0.770. The Morgan fingerprint density at radius 2 is 1.95 bits per heavy atom. The highest BCUT2D eigenvalue weighted by atomic mass is 32.2. The Morgan fingerprint density at radius 1 is 1.35 bits per heavy atom. The number of sulfonamides is 1. The van der Waals surface area contributed by atoms with Crippen LogP contribution in [-0.4, -0.2) is 31.4 Å². The van der Waals surface area contributed by atoms with E-state index in [0.29, 0.717) is 0 Å². The molecule has 9 heteroatoms. The Hall–Kier alpha value is -1.19. The number of rotatable bonds is 5. The molecular formula is C11H11F3NO3S2-. The van der Waals surface area contributed by atoms with E-state index in [0.717, 1.165) is 29.6 Å². The molecule has 0 bridgehead atoms. The molecule has 20 heavy (non-hydrogen) atoms. The van der Waals surface area contributed by atoms with Crippen LogP contribution in [-0.2, 0) is 39.4 Å². The van der Waals surface area contributed by atoms with Crippen molar-refractivity contribution in [1.29, 1.82) is 0 Å². The van der Waals surface area contributed by atoms with Gasteiger partial charge in [0.15, 0.2) is 0 Å². The molecule has 0 saturated carbocycles. The lowest BCUT2D eigenvalue weighted by Crippen LogP contribution is -2.32. The first-order chi connectivity index (χ1) is 9.02. The minimum absolute atomic E-state index is 0.0107. The molecule has 0 amide bonds. The normalized spacial score (nSPS) is 12.7. The third-order valence-corrected chi connectivity index (χ3v) is 4.34. The van der Waals surface area contributed by atoms with Crippen LogP contribution in [0.25, 0.3) is 0 Å². The van der Waals surface area contributed by atoms with Gasteiger partial charge in [-0.25, -0.2) is 8.42 Å². The third-order valence-electron chi connectivity index (χ3n) is 2.43. The van der Waals surface area contributed by atoms with Crippen molar-refractivity contribution in [2.45, 2.75) is 11.9 Å². The van der Waals surface area contributed by atoms with E-state index in [9.17, 15) is 26.4 Å². The van der Waals surface area contributed by atoms with Crippen molar-refractivity contribution >= 4 is 27.8 Å². The number of hydrogen-bond donors (Lipinski definition) is 0. The van der Waals surface area contributed by atoms with Gasteiger partial charge in [0, 0.05) is 12.2 Å². The number of benzene rings is 1. The zero-order valence-electron chi connectivity index (χ0n) is 10.3. The first kappa shape index (κ1) is 16.9. The fourth-order valence-corrected chi connectivity index (χ4v) is 2.85. The van der Waals surface area contributed by atoms with Gasteiger partial charge in [0.05, 0.1) is 17.9 Å². The van der Waals surface area contributed by atoms with E-state index in [1.807, 2.05) is 0 Å². The second kappa shape index (κ2) is 6.06. The monoisotopic (exact) mass is 326 g/mol. The summed E-state index contributed by atoms with van der Waals surface area (Å²) < 4.78 is 61.9. The zero-order chi connectivity index (χ0) is 15.6. The van der Waals surface area contributed by atoms with Crippen molar-refractivity contribution in [3.63, 3.8) is 0 Å². The van der Waals surface area contributed by atoms with Crippen LogP contribution in [0.5, 0.6) is 0 Å². The Bertz CT molecular complexity index is 599. The van der Waals surface area contributed by atoms with Crippen LogP contribution in [0.15, 0.2) is 24.3 Å². The summed E-state index contributed by atoms with van der Waals surface area (Å²) in [5.74, 6) is -0.629. The predicted octanol–water partition coefficient (Wildman–Crippen LogP) is 1.54. The van der Waals surface area contributed by atoms with E-state index in [2.05, 4.69) is 12.6 Å². The topological polar surface area (TPSA) is 54.5 Å². The molecule has 0 aliphatic heterocycles. The maximum absolute atomic E-state index is 12.5. The molecule has 0 fully saturated rings. The molecule has 0 N–H and O–H groups in total. The highest BCUT2D eigenvalue weighted by molar-refractivity contribution is 7.88. The lowest BCUT2D eigenvalue weighted by molar-refractivity contribution is -0.137. The number of hydrogen-bond acceptors (Lipinski definition) is 4. The molecule has 0 radical (unpaired) electrons. The van der Waals surface area contributed by atoms with Crippen LogP contribution in [0.1, 0.15) is 11.1 Å². The lowest BCUT2D eigenvalue weighted by atomic mass is 10.1. The molecule has 0 aromatic heterocycles. The van der Waals surface area contributed by atoms with Gasteiger partial charge in [-0.15, -0.1) is 0 Å². The second-order valence-electron chi connectivity index (χ2n) is 4.08. The lowest BCUT2D eigenvalue weighted by Gasteiger charge is -2.18. The molecule has 4 nitrogen and oxygen atoms in total. The first-order valence-corrected chi connectivity index (χ1v) is 7.34. The summed E-state index contributed by atoms with van der Waals surface area (Å²) in [6.45, 7) is -0.489. The zero-order valence-corrected chi connectivity index (χ0v) is 12.0. The summed E-state index contributed by atoms with van der Waals surface area (Å²) in [5.41, 5.74) is -0.935. The molecule has 0 aliphatic carbocycles. The van der Waals surface area contributed by atoms with Gasteiger partial charge in [0.2, 0.25) is 10.0 Å². The van der Waals surface area contributed by atoms with E-state index in [4.69, 9.17) is 0 Å². The molecule has 1 aromatic rings. The summed E-state index contributed by atoms with van der Waals surface area (Å²) in [5, 5.41) is -0.764. The molecule has 0 spiro atoms. The number of carbonyl (C=O) groups excluding carboxylic acids is 1. The van der Waals surface area contributed by atoms with E-state index >= 15 is 0 Å². The molecule has 0 aliphatic rings. The summed E-state index contributed by atoms with van der Waals surface area (Å²) >= 11 is 4.26. The molecule has 0 heterocycles. The van der Waals surface area contributed by atoms with Gasteiger partial charge in [-0.2, -0.15) is 17.5 Å². The van der Waals surface area contributed by atoms with E-state index in [1.54, 1.807) is 0 Å². The van der Waals surface area contributed by atoms with Crippen LogP contribution in [0, 0.1) is 0 Å². The van der Waals surface area contributed by atoms with Crippen molar-refractivity contribution in [3.8, 4) is 0 Å². The summed E-state index contributed by atoms with van der Waals surface area (Å²) in [6.07, 6.45) is -4.54. The van der Waals surface area contributed by atoms with Crippen LogP contribution < -0.4 is 0 Å². The van der Waals surface area contributed by atoms with Crippen LogP contribution in [0.4, 0.5) is 13.2 Å². The Balaban J connectivity index is 2.96. The van der Waals surface area contributed by atoms with Gasteiger partial charge in [-0.3, -0.25) is 0 Å². The predicted molar refractivity (Wildman–Crippen MR) is 69.1 cm³/mol. The minimum Gasteiger partial charge on any atom is -0.741 e. The van der Waals surface area contributed by atoms with Crippen LogP contribution in [0.3, 0.4) is 0 Å². The maximum Gasteiger partial charge on any atom is 0.416 e. The van der Waals surface area contributed by atoms with Gasteiger partial charge in [0.25, 0.3) is 0 Å². The SMILES string of the molecule is CN(CC(=O)[S-])S(=O)(=O)Cc1cccc(C(F)(F)F)c1. The summed E-state index contributed by atoms with van der Waals surface area (Å²) in [4.78, 5) is 10.7. The number of alkyl halides is 3. The Labute approximate surface area is 120 Å².